The Balaban J connectivity index is 2.40. The fraction of sp³-hybridized carbons (Fsp3) is 0.909. The molecule has 4 nitrogen and oxygen atoms in total. The van der Waals surface area contributed by atoms with Gasteiger partial charge in [0.1, 0.15) is 0 Å². The second-order valence-electron chi connectivity index (χ2n) is 4.83. The van der Waals surface area contributed by atoms with Crippen LogP contribution in [0.2, 0.25) is 0 Å². The molecule has 0 bridgehead atoms. The maximum absolute atomic E-state index is 10.7. The summed E-state index contributed by atoms with van der Waals surface area (Å²) < 4.78 is 0. The van der Waals surface area contributed by atoms with Crippen molar-refractivity contribution in [3.8, 4) is 0 Å². The van der Waals surface area contributed by atoms with Crippen LogP contribution in [0, 0.1) is 5.92 Å². The Morgan fingerprint density at radius 1 is 1.60 bits per heavy atom. The Morgan fingerprint density at radius 3 is 2.67 bits per heavy atom. The summed E-state index contributed by atoms with van der Waals surface area (Å²) in [5, 5.41) is 8.81. The van der Waals surface area contributed by atoms with Crippen LogP contribution < -0.4 is 0 Å². The number of aliphatic carboxylic acids is 1. The molecular weight excluding hydrogens is 192 g/mol. The summed E-state index contributed by atoms with van der Waals surface area (Å²) >= 11 is 0. The Kier molecular flexibility index (Phi) is 4.54. The molecule has 1 atom stereocenters. The molecule has 1 aliphatic heterocycles. The molecule has 1 rings (SSSR count). The summed E-state index contributed by atoms with van der Waals surface area (Å²) in [4.78, 5) is 15.1. The number of nitrogens with zero attached hydrogens (tertiary/aromatic N) is 2. The van der Waals surface area contributed by atoms with Gasteiger partial charge in [0.05, 0.1) is 6.54 Å². The average Bonchev–Trinajstić information content (AvgIpc) is 2.49. The smallest absolute Gasteiger partial charge is 0.317 e. The monoisotopic (exact) mass is 214 g/mol. The first kappa shape index (κ1) is 12.5. The molecule has 0 aromatic rings. The number of carbonyl (C=O) groups is 1. The summed E-state index contributed by atoms with van der Waals surface area (Å²) in [5.74, 6) is -0.0909. The van der Waals surface area contributed by atoms with Gasteiger partial charge in [-0.15, -0.1) is 0 Å². The largest absolute Gasteiger partial charge is 0.480 e. The van der Waals surface area contributed by atoms with E-state index in [2.05, 4.69) is 25.8 Å². The van der Waals surface area contributed by atoms with Crippen LogP contribution in [0.1, 0.15) is 20.3 Å². The van der Waals surface area contributed by atoms with E-state index in [0.717, 1.165) is 19.6 Å². The molecule has 4 heteroatoms. The van der Waals surface area contributed by atoms with E-state index >= 15 is 0 Å². The Hall–Kier alpha value is -0.610. The highest BCUT2D eigenvalue weighted by Crippen LogP contribution is 2.16. The first-order valence-corrected chi connectivity index (χ1v) is 5.63. The van der Waals surface area contributed by atoms with Gasteiger partial charge in [-0.05, 0) is 39.8 Å². The van der Waals surface area contributed by atoms with E-state index in [9.17, 15) is 4.79 Å². The Labute approximate surface area is 91.9 Å². The molecule has 1 unspecified atom stereocenters. The fourth-order valence-electron chi connectivity index (χ4n) is 2.14. The van der Waals surface area contributed by atoms with E-state index in [-0.39, 0.29) is 6.54 Å². The molecule has 1 heterocycles. The second-order valence-corrected chi connectivity index (χ2v) is 4.83. The van der Waals surface area contributed by atoms with E-state index in [1.165, 1.54) is 6.42 Å². The SMILES string of the molecule is CC(C)N(CC(=O)O)CC1CCN(C)C1. The second kappa shape index (κ2) is 5.47. The molecule has 0 aliphatic carbocycles. The van der Waals surface area contributed by atoms with E-state index in [1.54, 1.807) is 0 Å². The van der Waals surface area contributed by atoms with Gasteiger partial charge in [0, 0.05) is 19.1 Å². The molecule has 0 radical (unpaired) electrons. The summed E-state index contributed by atoms with van der Waals surface area (Å²) in [6.07, 6.45) is 1.19. The van der Waals surface area contributed by atoms with Crippen molar-refractivity contribution in [2.45, 2.75) is 26.3 Å². The molecule has 0 saturated carbocycles. The van der Waals surface area contributed by atoms with Crippen molar-refractivity contribution in [1.29, 1.82) is 0 Å². The van der Waals surface area contributed by atoms with Gasteiger partial charge in [-0.3, -0.25) is 9.69 Å². The van der Waals surface area contributed by atoms with Crippen LogP contribution >= 0.6 is 0 Å². The zero-order valence-electron chi connectivity index (χ0n) is 9.94. The third-order valence-corrected chi connectivity index (χ3v) is 3.05. The van der Waals surface area contributed by atoms with Crippen molar-refractivity contribution >= 4 is 5.97 Å². The molecule has 0 aromatic heterocycles. The minimum absolute atomic E-state index is 0.165. The molecule has 15 heavy (non-hydrogen) atoms. The third kappa shape index (κ3) is 4.18. The lowest BCUT2D eigenvalue weighted by Gasteiger charge is -2.27. The highest BCUT2D eigenvalue weighted by molar-refractivity contribution is 5.69. The summed E-state index contributed by atoms with van der Waals surface area (Å²) in [6.45, 7) is 7.43. The van der Waals surface area contributed by atoms with Crippen LogP contribution in [0.25, 0.3) is 0 Å². The molecule has 0 amide bonds. The quantitative estimate of drug-likeness (QED) is 0.733. The summed E-state index contributed by atoms with van der Waals surface area (Å²) in [7, 11) is 2.12. The highest BCUT2D eigenvalue weighted by Gasteiger charge is 2.24. The van der Waals surface area contributed by atoms with Gasteiger partial charge in [0.15, 0.2) is 0 Å². The molecular formula is C11H22N2O2. The van der Waals surface area contributed by atoms with Crippen molar-refractivity contribution in [3.05, 3.63) is 0 Å². The first-order valence-electron chi connectivity index (χ1n) is 5.63. The van der Waals surface area contributed by atoms with Crippen LogP contribution in [0.4, 0.5) is 0 Å². The van der Waals surface area contributed by atoms with Crippen molar-refractivity contribution in [2.24, 2.45) is 5.92 Å². The van der Waals surface area contributed by atoms with Gasteiger partial charge in [-0.25, -0.2) is 0 Å². The molecule has 88 valence electrons. The predicted molar refractivity (Wildman–Crippen MR) is 59.9 cm³/mol. The van der Waals surface area contributed by atoms with Crippen LogP contribution in [-0.2, 0) is 4.79 Å². The van der Waals surface area contributed by atoms with Crippen molar-refractivity contribution in [3.63, 3.8) is 0 Å². The molecule has 0 aromatic carbocycles. The molecule has 1 aliphatic rings. The van der Waals surface area contributed by atoms with Gasteiger partial charge in [-0.2, -0.15) is 0 Å². The Bertz CT molecular complexity index is 219. The summed E-state index contributed by atoms with van der Waals surface area (Å²) in [5.41, 5.74) is 0. The minimum atomic E-state index is -0.727. The van der Waals surface area contributed by atoms with Gasteiger partial charge < -0.3 is 10.0 Å². The maximum Gasteiger partial charge on any atom is 0.317 e. The van der Waals surface area contributed by atoms with Crippen molar-refractivity contribution in [1.82, 2.24) is 9.80 Å². The lowest BCUT2D eigenvalue weighted by Crippen LogP contribution is -2.39. The van der Waals surface area contributed by atoms with Crippen molar-refractivity contribution < 1.29 is 9.90 Å². The van der Waals surface area contributed by atoms with Crippen molar-refractivity contribution in [2.75, 3.05) is 33.2 Å². The van der Waals surface area contributed by atoms with Crippen LogP contribution in [0.5, 0.6) is 0 Å². The minimum Gasteiger partial charge on any atom is -0.480 e. The number of hydrogen-bond donors (Lipinski definition) is 1. The Morgan fingerprint density at radius 2 is 2.27 bits per heavy atom. The van der Waals surface area contributed by atoms with Gasteiger partial charge in [-0.1, -0.05) is 0 Å². The first-order chi connectivity index (χ1) is 6.99. The van der Waals surface area contributed by atoms with Crippen LogP contribution in [0.15, 0.2) is 0 Å². The molecule has 1 N–H and O–H groups in total. The van der Waals surface area contributed by atoms with Gasteiger partial charge in [0.2, 0.25) is 0 Å². The molecule has 1 fully saturated rings. The van der Waals surface area contributed by atoms with E-state index < -0.39 is 5.97 Å². The van der Waals surface area contributed by atoms with Gasteiger partial charge in [0.25, 0.3) is 0 Å². The number of rotatable bonds is 5. The lowest BCUT2D eigenvalue weighted by atomic mass is 10.1. The molecule has 1 saturated heterocycles. The lowest BCUT2D eigenvalue weighted by molar-refractivity contribution is -0.138. The standard InChI is InChI=1S/C11H22N2O2/c1-9(2)13(8-11(14)15)7-10-4-5-12(3)6-10/h9-10H,4-8H2,1-3H3,(H,14,15). The number of carboxylic acid groups (broad SMARTS) is 1. The maximum atomic E-state index is 10.7. The van der Waals surface area contributed by atoms with Crippen LogP contribution in [-0.4, -0.2) is 60.1 Å². The normalized spacial score (nSPS) is 22.9. The van der Waals surface area contributed by atoms with E-state index in [1.807, 2.05) is 4.90 Å². The van der Waals surface area contributed by atoms with Crippen LogP contribution in [0.3, 0.4) is 0 Å². The fourth-order valence-corrected chi connectivity index (χ4v) is 2.14. The molecule has 0 spiro atoms. The number of likely N-dealkylation sites (tertiary alicyclic amines) is 1. The zero-order valence-corrected chi connectivity index (χ0v) is 9.94. The third-order valence-electron chi connectivity index (χ3n) is 3.05. The van der Waals surface area contributed by atoms with E-state index in [0.29, 0.717) is 12.0 Å². The highest BCUT2D eigenvalue weighted by atomic mass is 16.4. The van der Waals surface area contributed by atoms with Gasteiger partial charge >= 0.3 is 5.97 Å². The zero-order chi connectivity index (χ0) is 11.4. The number of hydrogen-bond acceptors (Lipinski definition) is 3. The predicted octanol–water partition coefficient (Wildman–Crippen LogP) is 0.733. The summed E-state index contributed by atoms with van der Waals surface area (Å²) in [6, 6.07) is 0.312. The van der Waals surface area contributed by atoms with E-state index in [4.69, 9.17) is 5.11 Å². The average molecular weight is 214 g/mol. The number of carboxylic acids is 1. The topological polar surface area (TPSA) is 43.8 Å².